The lowest BCUT2D eigenvalue weighted by atomic mass is 10.0. The number of aliphatic hydroxyl groups is 1. The van der Waals surface area contributed by atoms with E-state index in [-0.39, 0.29) is 24.6 Å². The van der Waals surface area contributed by atoms with Crippen molar-refractivity contribution in [2.75, 3.05) is 32.8 Å². The van der Waals surface area contributed by atoms with Gasteiger partial charge in [-0.25, -0.2) is 0 Å². The molecule has 232 valence electrons. The number of aliphatic hydroxyl groups excluding tert-OH is 1. The Morgan fingerprint density at radius 1 is 0.590 bits per heavy atom. The maximum Gasteiger partial charge on any atom is 0.306 e. The van der Waals surface area contributed by atoms with Crippen LogP contribution < -0.4 is 0 Å². The molecular weight excluding hydrogens is 490 g/mol. The van der Waals surface area contributed by atoms with Crippen molar-refractivity contribution in [2.45, 2.75) is 168 Å². The molecule has 6 heteroatoms. The molecule has 1 N–H and O–H groups in total. The minimum Gasteiger partial charge on any atom is -0.466 e. The SMILES string of the molecule is CCCCCCC(CCCCC)OC(=O)CCCCCCCN(CCO)CCCCCC(=O)OCCCCC. The van der Waals surface area contributed by atoms with Crippen LogP contribution in [0.4, 0.5) is 0 Å². The topological polar surface area (TPSA) is 76.1 Å². The van der Waals surface area contributed by atoms with E-state index in [0.717, 1.165) is 103 Å². The van der Waals surface area contributed by atoms with Crippen LogP contribution in [-0.2, 0) is 19.1 Å². The third kappa shape index (κ3) is 26.8. The van der Waals surface area contributed by atoms with Crippen molar-refractivity contribution < 1.29 is 24.2 Å². The van der Waals surface area contributed by atoms with E-state index in [0.29, 0.717) is 26.0 Å². The molecule has 0 aromatic heterocycles. The summed E-state index contributed by atoms with van der Waals surface area (Å²) in [5.74, 6) is -0.0772. The molecule has 0 rings (SSSR count). The van der Waals surface area contributed by atoms with Crippen molar-refractivity contribution >= 4 is 11.9 Å². The van der Waals surface area contributed by atoms with Gasteiger partial charge in [-0.05, 0) is 70.9 Å². The first kappa shape index (κ1) is 37.9. The molecule has 0 spiro atoms. The molecule has 1 unspecified atom stereocenters. The van der Waals surface area contributed by atoms with E-state index in [9.17, 15) is 14.7 Å². The molecule has 0 saturated carbocycles. The Bertz CT molecular complexity index is 542. The van der Waals surface area contributed by atoms with Crippen molar-refractivity contribution in [1.29, 1.82) is 0 Å². The van der Waals surface area contributed by atoms with Gasteiger partial charge in [0.1, 0.15) is 6.10 Å². The van der Waals surface area contributed by atoms with Gasteiger partial charge in [0, 0.05) is 19.4 Å². The predicted octanol–water partition coefficient (Wildman–Crippen LogP) is 8.38. The minimum absolute atomic E-state index is 0.00846. The summed E-state index contributed by atoms with van der Waals surface area (Å²) in [5.41, 5.74) is 0. The number of carbonyl (C=O) groups is 2. The Balaban J connectivity index is 3.90. The van der Waals surface area contributed by atoms with E-state index in [4.69, 9.17) is 9.47 Å². The van der Waals surface area contributed by atoms with Crippen LogP contribution in [0, 0.1) is 0 Å². The van der Waals surface area contributed by atoms with E-state index in [1.54, 1.807) is 0 Å². The maximum atomic E-state index is 12.4. The smallest absolute Gasteiger partial charge is 0.306 e. The highest BCUT2D eigenvalue weighted by molar-refractivity contribution is 5.69. The summed E-state index contributed by atoms with van der Waals surface area (Å²) in [4.78, 5) is 26.5. The van der Waals surface area contributed by atoms with Gasteiger partial charge >= 0.3 is 11.9 Å². The number of rotatable bonds is 30. The standard InChI is InChI=1S/C33H65NO5/c1-4-7-10-16-23-31(22-15-8-5-2)39-33(37)25-17-12-11-13-19-26-34(28-29-35)27-20-14-18-24-32(36)38-30-21-9-6-3/h31,35H,4-30H2,1-3H3. The molecule has 0 aliphatic rings. The highest BCUT2D eigenvalue weighted by Gasteiger charge is 2.14. The van der Waals surface area contributed by atoms with Gasteiger partial charge in [0.25, 0.3) is 0 Å². The van der Waals surface area contributed by atoms with Gasteiger partial charge in [-0.15, -0.1) is 0 Å². The number of carbonyl (C=O) groups excluding carboxylic acids is 2. The maximum absolute atomic E-state index is 12.4. The molecule has 0 aliphatic heterocycles. The van der Waals surface area contributed by atoms with Gasteiger partial charge < -0.3 is 19.5 Å². The molecule has 0 bridgehead atoms. The molecule has 0 aliphatic carbocycles. The van der Waals surface area contributed by atoms with Gasteiger partial charge in [0.05, 0.1) is 13.2 Å². The van der Waals surface area contributed by atoms with Crippen molar-refractivity contribution in [3.05, 3.63) is 0 Å². The van der Waals surface area contributed by atoms with Crippen LogP contribution in [0.2, 0.25) is 0 Å². The zero-order valence-corrected chi connectivity index (χ0v) is 26.2. The van der Waals surface area contributed by atoms with E-state index in [2.05, 4.69) is 25.7 Å². The van der Waals surface area contributed by atoms with Crippen LogP contribution in [0.15, 0.2) is 0 Å². The molecular formula is C33H65NO5. The zero-order chi connectivity index (χ0) is 28.8. The minimum atomic E-state index is -0.0687. The average Bonchev–Trinajstić information content (AvgIpc) is 2.92. The number of ether oxygens (including phenoxy) is 2. The molecule has 0 saturated heterocycles. The second kappa shape index (κ2) is 29.8. The molecule has 1 atom stereocenters. The van der Waals surface area contributed by atoms with E-state index < -0.39 is 0 Å². The molecule has 0 heterocycles. The van der Waals surface area contributed by atoms with Crippen LogP contribution in [0.5, 0.6) is 0 Å². The Kier molecular flexibility index (Phi) is 29.0. The summed E-state index contributed by atoms with van der Waals surface area (Å²) in [6.07, 6.45) is 23.2. The van der Waals surface area contributed by atoms with E-state index >= 15 is 0 Å². The fraction of sp³-hybridized carbons (Fsp3) is 0.939. The Morgan fingerprint density at radius 2 is 1.08 bits per heavy atom. The molecule has 0 aromatic carbocycles. The van der Waals surface area contributed by atoms with Gasteiger partial charge in [-0.1, -0.05) is 91.4 Å². The summed E-state index contributed by atoms with van der Waals surface area (Å²) >= 11 is 0. The quantitative estimate of drug-likeness (QED) is 0.0708. The fourth-order valence-corrected chi connectivity index (χ4v) is 4.93. The largest absolute Gasteiger partial charge is 0.466 e. The van der Waals surface area contributed by atoms with Gasteiger partial charge in [-0.2, -0.15) is 0 Å². The summed E-state index contributed by atoms with van der Waals surface area (Å²) in [6.45, 7) is 10.0. The third-order valence-corrected chi connectivity index (χ3v) is 7.45. The van der Waals surface area contributed by atoms with Crippen LogP contribution in [0.25, 0.3) is 0 Å². The monoisotopic (exact) mass is 555 g/mol. The molecule has 0 fully saturated rings. The number of esters is 2. The Morgan fingerprint density at radius 3 is 1.72 bits per heavy atom. The van der Waals surface area contributed by atoms with Crippen molar-refractivity contribution in [1.82, 2.24) is 4.90 Å². The Labute approximate surface area is 242 Å². The van der Waals surface area contributed by atoms with Crippen molar-refractivity contribution in [2.24, 2.45) is 0 Å². The summed E-state index contributed by atoms with van der Waals surface area (Å²) < 4.78 is 11.1. The first-order valence-corrected chi connectivity index (χ1v) is 16.8. The predicted molar refractivity (Wildman–Crippen MR) is 163 cm³/mol. The molecule has 39 heavy (non-hydrogen) atoms. The molecule has 6 nitrogen and oxygen atoms in total. The highest BCUT2D eigenvalue weighted by Crippen LogP contribution is 2.17. The van der Waals surface area contributed by atoms with Crippen LogP contribution in [0.3, 0.4) is 0 Å². The van der Waals surface area contributed by atoms with E-state index in [1.165, 1.54) is 38.5 Å². The lowest BCUT2D eigenvalue weighted by Crippen LogP contribution is -2.29. The van der Waals surface area contributed by atoms with Crippen molar-refractivity contribution in [3.8, 4) is 0 Å². The Hall–Kier alpha value is -1.14. The second-order valence-electron chi connectivity index (χ2n) is 11.3. The summed E-state index contributed by atoms with van der Waals surface area (Å²) in [5, 5.41) is 9.41. The zero-order valence-electron chi connectivity index (χ0n) is 26.2. The average molecular weight is 556 g/mol. The second-order valence-corrected chi connectivity index (χ2v) is 11.3. The van der Waals surface area contributed by atoms with E-state index in [1.807, 2.05) is 0 Å². The van der Waals surface area contributed by atoms with Crippen LogP contribution >= 0.6 is 0 Å². The van der Waals surface area contributed by atoms with Gasteiger partial charge in [0.15, 0.2) is 0 Å². The molecule has 0 amide bonds. The molecule has 0 aromatic rings. The molecule has 0 radical (unpaired) electrons. The van der Waals surface area contributed by atoms with Crippen molar-refractivity contribution in [3.63, 3.8) is 0 Å². The van der Waals surface area contributed by atoms with Crippen LogP contribution in [-0.4, -0.2) is 60.9 Å². The first-order chi connectivity index (χ1) is 19.1. The lowest BCUT2D eigenvalue weighted by molar-refractivity contribution is -0.150. The summed E-state index contributed by atoms with van der Waals surface area (Å²) in [6, 6.07) is 0. The number of nitrogens with zero attached hydrogens (tertiary/aromatic N) is 1. The number of hydrogen-bond acceptors (Lipinski definition) is 6. The normalized spacial score (nSPS) is 12.1. The lowest BCUT2D eigenvalue weighted by Gasteiger charge is -2.21. The van der Waals surface area contributed by atoms with Gasteiger partial charge in [0.2, 0.25) is 0 Å². The first-order valence-electron chi connectivity index (χ1n) is 16.8. The third-order valence-electron chi connectivity index (χ3n) is 7.45. The van der Waals surface area contributed by atoms with Crippen LogP contribution in [0.1, 0.15) is 162 Å². The highest BCUT2D eigenvalue weighted by atomic mass is 16.5. The van der Waals surface area contributed by atoms with Gasteiger partial charge in [-0.3, -0.25) is 9.59 Å². The fourth-order valence-electron chi connectivity index (χ4n) is 4.93. The number of unbranched alkanes of at least 4 members (excludes halogenated alkanes) is 13. The number of hydrogen-bond donors (Lipinski definition) is 1. The summed E-state index contributed by atoms with van der Waals surface area (Å²) in [7, 11) is 0.